The Bertz CT molecular complexity index is 1040. The Labute approximate surface area is 175 Å². The van der Waals surface area contributed by atoms with E-state index in [4.69, 9.17) is 11.6 Å². The van der Waals surface area contributed by atoms with Crippen molar-refractivity contribution in [3.63, 3.8) is 0 Å². The Balaban J connectivity index is 1.72. The third-order valence-corrected chi connectivity index (χ3v) is 5.79. The van der Waals surface area contributed by atoms with E-state index >= 15 is 0 Å². The van der Waals surface area contributed by atoms with Gasteiger partial charge in [-0.3, -0.25) is 0 Å². The number of benzene rings is 1. The normalized spacial score (nSPS) is 16.1. The van der Waals surface area contributed by atoms with E-state index in [1.165, 1.54) is 6.07 Å². The molecule has 0 radical (unpaired) electrons. The van der Waals surface area contributed by atoms with Crippen LogP contribution < -0.4 is 5.32 Å². The number of aromatic nitrogens is 4. The fourth-order valence-electron chi connectivity index (χ4n) is 4.03. The highest BCUT2D eigenvalue weighted by atomic mass is 35.5. The van der Waals surface area contributed by atoms with Gasteiger partial charge in [-0.25, -0.2) is 19.3 Å². The largest absolute Gasteiger partial charge is 0.351 e. The number of hydrogen-bond acceptors (Lipinski definition) is 5. The van der Waals surface area contributed by atoms with Gasteiger partial charge in [-0.1, -0.05) is 11.6 Å². The highest BCUT2D eigenvalue weighted by Gasteiger charge is 2.20. The molecule has 1 saturated heterocycles. The summed E-state index contributed by atoms with van der Waals surface area (Å²) in [5.74, 6) is 0.928. The van der Waals surface area contributed by atoms with Gasteiger partial charge in [-0.15, -0.1) is 0 Å². The zero-order chi connectivity index (χ0) is 20.7. The molecule has 0 amide bonds. The quantitative estimate of drug-likeness (QED) is 0.669. The van der Waals surface area contributed by atoms with Crippen molar-refractivity contribution in [2.75, 3.05) is 25.5 Å². The van der Waals surface area contributed by atoms with Crippen LogP contribution in [0, 0.1) is 12.7 Å². The van der Waals surface area contributed by atoms with Crippen molar-refractivity contribution in [1.82, 2.24) is 24.4 Å². The third-order valence-electron chi connectivity index (χ3n) is 5.51. The smallest absolute Gasteiger partial charge is 0.223 e. The molecule has 0 unspecified atom stereocenters. The zero-order valence-corrected chi connectivity index (χ0v) is 18.0. The third kappa shape index (κ3) is 3.94. The molecule has 0 spiro atoms. The van der Waals surface area contributed by atoms with Gasteiger partial charge >= 0.3 is 0 Å². The molecular formula is C21H26ClFN6. The van der Waals surface area contributed by atoms with Gasteiger partial charge in [0, 0.05) is 17.6 Å². The van der Waals surface area contributed by atoms with Crippen molar-refractivity contribution in [2.24, 2.45) is 0 Å². The van der Waals surface area contributed by atoms with E-state index in [2.05, 4.69) is 46.1 Å². The zero-order valence-electron chi connectivity index (χ0n) is 17.2. The summed E-state index contributed by atoms with van der Waals surface area (Å²) in [5.41, 5.74) is 2.25. The lowest BCUT2D eigenvalue weighted by molar-refractivity contribution is 0.263. The van der Waals surface area contributed by atoms with Crippen LogP contribution in [0.1, 0.15) is 38.6 Å². The van der Waals surface area contributed by atoms with Crippen molar-refractivity contribution in [3.05, 3.63) is 35.0 Å². The minimum Gasteiger partial charge on any atom is -0.351 e. The number of likely N-dealkylation sites (tertiary alicyclic amines) is 1. The van der Waals surface area contributed by atoms with Gasteiger partial charge in [-0.2, -0.15) is 0 Å². The summed E-state index contributed by atoms with van der Waals surface area (Å²) in [6.07, 6.45) is 3.64. The van der Waals surface area contributed by atoms with Gasteiger partial charge in [0.1, 0.15) is 11.3 Å². The Morgan fingerprint density at radius 1 is 1.21 bits per heavy atom. The monoisotopic (exact) mass is 416 g/mol. The van der Waals surface area contributed by atoms with E-state index in [0.29, 0.717) is 33.8 Å². The first-order chi connectivity index (χ1) is 13.8. The van der Waals surface area contributed by atoms with Crippen LogP contribution >= 0.6 is 11.6 Å². The first-order valence-electron chi connectivity index (χ1n) is 9.99. The molecule has 8 heteroatoms. The van der Waals surface area contributed by atoms with Crippen LogP contribution in [0.2, 0.25) is 5.02 Å². The van der Waals surface area contributed by atoms with Gasteiger partial charge in [0.2, 0.25) is 5.95 Å². The summed E-state index contributed by atoms with van der Waals surface area (Å²) in [4.78, 5) is 15.7. The van der Waals surface area contributed by atoms with Crippen LogP contribution in [0.3, 0.4) is 0 Å². The average molecular weight is 417 g/mol. The standard InChI is InChI=1S/C21H26ClFN6/c1-12(2)29-13(3)25-20-17(23)9-14(10-18(20)29)19-16(22)11-24-21(27-19)26-15-5-7-28(4)8-6-15/h9-12,15H,5-8H2,1-4H3,(H,24,26,27). The molecule has 2 aromatic heterocycles. The maximum absolute atomic E-state index is 14.8. The summed E-state index contributed by atoms with van der Waals surface area (Å²) < 4.78 is 16.9. The van der Waals surface area contributed by atoms with E-state index in [-0.39, 0.29) is 11.9 Å². The molecule has 0 atom stereocenters. The van der Waals surface area contributed by atoms with Crippen LogP contribution in [0.4, 0.5) is 10.3 Å². The molecule has 154 valence electrons. The van der Waals surface area contributed by atoms with Crippen molar-refractivity contribution >= 4 is 28.6 Å². The van der Waals surface area contributed by atoms with Crippen LogP contribution in [-0.4, -0.2) is 50.6 Å². The van der Waals surface area contributed by atoms with Gasteiger partial charge in [-0.05, 0) is 65.9 Å². The molecule has 1 aromatic carbocycles. The fraction of sp³-hybridized carbons (Fsp3) is 0.476. The summed E-state index contributed by atoms with van der Waals surface area (Å²) in [6, 6.07) is 3.85. The van der Waals surface area contributed by atoms with Gasteiger partial charge in [0.25, 0.3) is 0 Å². The highest BCUT2D eigenvalue weighted by Crippen LogP contribution is 2.32. The first kappa shape index (κ1) is 20.0. The predicted octanol–water partition coefficient (Wildman–Crippen LogP) is 4.68. The molecule has 3 heterocycles. The second-order valence-electron chi connectivity index (χ2n) is 8.06. The first-order valence-corrected chi connectivity index (χ1v) is 10.4. The molecule has 0 saturated carbocycles. The van der Waals surface area contributed by atoms with E-state index < -0.39 is 0 Å². The highest BCUT2D eigenvalue weighted by molar-refractivity contribution is 6.33. The molecule has 0 bridgehead atoms. The summed E-state index contributed by atoms with van der Waals surface area (Å²) in [7, 11) is 2.13. The number of halogens is 2. The van der Waals surface area contributed by atoms with Gasteiger partial charge in [0.15, 0.2) is 5.82 Å². The molecule has 1 aliphatic rings. The number of anilines is 1. The fourth-order valence-corrected chi connectivity index (χ4v) is 4.23. The summed E-state index contributed by atoms with van der Waals surface area (Å²) >= 11 is 6.40. The maximum Gasteiger partial charge on any atom is 0.223 e. The SMILES string of the molecule is Cc1nc2c(F)cc(-c3nc(NC4CCN(C)CC4)ncc3Cl)cc2n1C(C)C. The molecule has 1 fully saturated rings. The number of aryl methyl sites for hydroxylation is 1. The van der Waals surface area contributed by atoms with Crippen molar-refractivity contribution < 1.29 is 4.39 Å². The van der Waals surface area contributed by atoms with Crippen LogP contribution in [0.25, 0.3) is 22.3 Å². The number of fused-ring (bicyclic) bond motifs is 1. The summed E-state index contributed by atoms with van der Waals surface area (Å²) in [6.45, 7) is 8.08. The van der Waals surface area contributed by atoms with Crippen LogP contribution in [-0.2, 0) is 0 Å². The minimum absolute atomic E-state index is 0.164. The Hall–Kier alpha value is -2.25. The Morgan fingerprint density at radius 2 is 1.93 bits per heavy atom. The Morgan fingerprint density at radius 3 is 2.62 bits per heavy atom. The molecule has 6 nitrogen and oxygen atoms in total. The van der Waals surface area contributed by atoms with Crippen molar-refractivity contribution in [1.29, 1.82) is 0 Å². The lowest BCUT2D eigenvalue weighted by Crippen LogP contribution is -2.37. The van der Waals surface area contributed by atoms with Crippen molar-refractivity contribution in [2.45, 2.75) is 45.7 Å². The molecule has 0 aliphatic carbocycles. The molecule has 3 aromatic rings. The van der Waals surface area contributed by atoms with E-state index in [9.17, 15) is 4.39 Å². The van der Waals surface area contributed by atoms with Crippen LogP contribution in [0.5, 0.6) is 0 Å². The molecule has 1 N–H and O–H groups in total. The number of imidazole rings is 1. The number of hydrogen-bond donors (Lipinski definition) is 1. The average Bonchev–Trinajstić information content (AvgIpc) is 3.02. The van der Waals surface area contributed by atoms with Gasteiger partial charge in [0.05, 0.1) is 22.4 Å². The second-order valence-corrected chi connectivity index (χ2v) is 8.47. The topological polar surface area (TPSA) is 58.9 Å². The van der Waals surface area contributed by atoms with Gasteiger partial charge < -0.3 is 14.8 Å². The van der Waals surface area contributed by atoms with Crippen LogP contribution in [0.15, 0.2) is 18.3 Å². The maximum atomic E-state index is 14.8. The predicted molar refractivity (Wildman–Crippen MR) is 115 cm³/mol. The Kier molecular flexibility index (Phi) is 5.44. The van der Waals surface area contributed by atoms with E-state index in [1.807, 2.05) is 17.6 Å². The molecule has 1 aliphatic heterocycles. The number of nitrogens with zero attached hydrogens (tertiary/aromatic N) is 5. The number of piperidine rings is 1. The van der Waals surface area contributed by atoms with E-state index in [0.717, 1.165) is 37.3 Å². The van der Waals surface area contributed by atoms with E-state index in [1.54, 1.807) is 6.20 Å². The molecule has 4 rings (SSSR count). The second kappa shape index (κ2) is 7.88. The van der Waals surface area contributed by atoms with Crippen molar-refractivity contribution in [3.8, 4) is 11.3 Å². The number of nitrogens with one attached hydrogen (secondary N) is 1. The summed E-state index contributed by atoms with van der Waals surface area (Å²) in [5, 5.41) is 3.80. The minimum atomic E-state index is -0.375. The number of rotatable bonds is 4. The molecule has 29 heavy (non-hydrogen) atoms. The molecular weight excluding hydrogens is 391 g/mol. The lowest BCUT2D eigenvalue weighted by Gasteiger charge is -2.29. The lowest BCUT2D eigenvalue weighted by atomic mass is 10.1.